The molecular formula is C19H20FNO3. The molecule has 2 aromatic carbocycles. The van der Waals surface area contributed by atoms with Crippen molar-refractivity contribution in [1.29, 1.82) is 0 Å². The van der Waals surface area contributed by atoms with Crippen LogP contribution in [-0.4, -0.2) is 34.8 Å². The maximum atomic E-state index is 13.0. The molecule has 126 valence electrons. The summed E-state index contributed by atoms with van der Waals surface area (Å²) in [5, 5.41) is 10.7. The normalized spacial score (nSPS) is 20.2. The van der Waals surface area contributed by atoms with Gasteiger partial charge in [0, 0.05) is 13.0 Å². The highest BCUT2D eigenvalue weighted by Crippen LogP contribution is 2.26. The fourth-order valence-electron chi connectivity index (χ4n) is 2.95. The van der Waals surface area contributed by atoms with Gasteiger partial charge in [0.1, 0.15) is 12.4 Å². The third-order valence-electron chi connectivity index (χ3n) is 4.24. The van der Waals surface area contributed by atoms with Crippen molar-refractivity contribution >= 4 is 6.09 Å². The van der Waals surface area contributed by atoms with E-state index in [1.807, 2.05) is 30.3 Å². The second kappa shape index (κ2) is 7.01. The van der Waals surface area contributed by atoms with Gasteiger partial charge in [-0.3, -0.25) is 0 Å². The highest BCUT2D eigenvalue weighted by molar-refractivity contribution is 5.68. The van der Waals surface area contributed by atoms with Gasteiger partial charge in [-0.25, -0.2) is 9.18 Å². The number of nitrogens with zero attached hydrogens (tertiary/aromatic N) is 1. The van der Waals surface area contributed by atoms with Crippen LogP contribution >= 0.6 is 0 Å². The molecule has 0 radical (unpaired) electrons. The molecular weight excluding hydrogens is 309 g/mol. The minimum absolute atomic E-state index is 0.215. The first-order valence-corrected chi connectivity index (χ1v) is 7.97. The Morgan fingerprint density at radius 1 is 1.12 bits per heavy atom. The van der Waals surface area contributed by atoms with Crippen LogP contribution in [0, 0.1) is 5.82 Å². The van der Waals surface area contributed by atoms with E-state index in [9.17, 15) is 14.3 Å². The van der Waals surface area contributed by atoms with Gasteiger partial charge in [0.2, 0.25) is 0 Å². The summed E-state index contributed by atoms with van der Waals surface area (Å²) in [6, 6.07) is 15.5. The average Bonchev–Trinajstić information content (AvgIpc) is 2.98. The van der Waals surface area contributed by atoms with Crippen molar-refractivity contribution < 1.29 is 19.0 Å². The number of β-amino-alcohol motifs (C(OH)–C–C–N with tert-alkyl or cyclic N) is 1. The Kier molecular flexibility index (Phi) is 4.81. The maximum absolute atomic E-state index is 13.0. The van der Waals surface area contributed by atoms with E-state index in [4.69, 9.17) is 4.74 Å². The quantitative estimate of drug-likeness (QED) is 0.937. The predicted octanol–water partition coefficient (Wildman–Crippen LogP) is 3.14. The van der Waals surface area contributed by atoms with Gasteiger partial charge in [0.25, 0.3) is 0 Å². The van der Waals surface area contributed by atoms with Gasteiger partial charge in [0.15, 0.2) is 0 Å². The average molecular weight is 329 g/mol. The SMILES string of the molecule is O=C(OCc1ccccc1)N1CCC(O)(Cc2ccc(F)cc2)C1. The number of carbonyl (C=O) groups excluding carboxylic acids is 1. The van der Waals surface area contributed by atoms with Crippen molar-refractivity contribution in [3.05, 3.63) is 71.5 Å². The van der Waals surface area contributed by atoms with Gasteiger partial charge in [-0.05, 0) is 29.7 Å². The number of carbonyl (C=O) groups is 1. The Bertz CT molecular complexity index is 690. The summed E-state index contributed by atoms with van der Waals surface area (Å²) in [6.45, 7) is 0.885. The van der Waals surface area contributed by atoms with Crippen LogP contribution < -0.4 is 0 Å². The number of hydrogen-bond acceptors (Lipinski definition) is 3. The van der Waals surface area contributed by atoms with Gasteiger partial charge < -0.3 is 14.7 Å². The molecule has 5 heteroatoms. The summed E-state index contributed by atoms with van der Waals surface area (Å²) in [4.78, 5) is 13.7. The third kappa shape index (κ3) is 4.11. The fourth-order valence-corrected chi connectivity index (χ4v) is 2.95. The molecule has 4 nitrogen and oxygen atoms in total. The van der Waals surface area contributed by atoms with Crippen LogP contribution in [0.15, 0.2) is 54.6 Å². The van der Waals surface area contributed by atoms with E-state index in [1.165, 1.54) is 17.0 Å². The van der Waals surface area contributed by atoms with Gasteiger partial charge in [-0.2, -0.15) is 0 Å². The molecule has 1 N–H and O–H groups in total. The number of amides is 1. The lowest BCUT2D eigenvalue weighted by molar-refractivity contribution is 0.0438. The van der Waals surface area contributed by atoms with E-state index < -0.39 is 11.7 Å². The zero-order valence-electron chi connectivity index (χ0n) is 13.3. The Morgan fingerprint density at radius 3 is 2.54 bits per heavy atom. The lowest BCUT2D eigenvalue weighted by Crippen LogP contribution is -2.37. The summed E-state index contributed by atoms with van der Waals surface area (Å²) in [5.74, 6) is -0.303. The zero-order chi connectivity index (χ0) is 17.0. The van der Waals surface area contributed by atoms with E-state index in [0.29, 0.717) is 19.4 Å². The molecule has 0 spiro atoms. The van der Waals surface area contributed by atoms with E-state index in [0.717, 1.165) is 11.1 Å². The van der Waals surface area contributed by atoms with E-state index in [1.54, 1.807) is 12.1 Å². The first-order valence-electron chi connectivity index (χ1n) is 7.97. The summed E-state index contributed by atoms with van der Waals surface area (Å²) in [6.07, 6.45) is 0.439. The highest BCUT2D eigenvalue weighted by atomic mass is 19.1. The van der Waals surface area contributed by atoms with Crippen LogP contribution in [0.3, 0.4) is 0 Å². The van der Waals surface area contributed by atoms with Crippen molar-refractivity contribution in [3.63, 3.8) is 0 Å². The molecule has 1 aliphatic rings. The molecule has 1 heterocycles. The van der Waals surface area contributed by atoms with Crippen LogP contribution in [0.4, 0.5) is 9.18 Å². The standard InChI is InChI=1S/C19H20FNO3/c20-17-8-6-15(7-9-17)12-19(23)10-11-21(14-19)18(22)24-13-16-4-2-1-3-5-16/h1-9,23H,10-14H2. The van der Waals surface area contributed by atoms with Crippen molar-refractivity contribution in [1.82, 2.24) is 4.90 Å². The summed E-state index contributed by atoms with van der Waals surface area (Å²) < 4.78 is 18.3. The van der Waals surface area contributed by atoms with Gasteiger partial charge in [0.05, 0.1) is 12.1 Å². The summed E-state index contributed by atoms with van der Waals surface area (Å²) in [5.41, 5.74) is 0.772. The molecule has 0 aliphatic carbocycles. The van der Waals surface area contributed by atoms with Gasteiger partial charge in [-0.1, -0.05) is 42.5 Å². The first kappa shape index (κ1) is 16.5. The second-order valence-corrected chi connectivity index (χ2v) is 6.24. The summed E-state index contributed by atoms with van der Waals surface area (Å²) in [7, 11) is 0. The Hall–Kier alpha value is -2.40. The number of rotatable bonds is 4. The highest BCUT2D eigenvalue weighted by Gasteiger charge is 2.38. The first-order chi connectivity index (χ1) is 11.5. The topological polar surface area (TPSA) is 49.8 Å². The lowest BCUT2D eigenvalue weighted by Gasteiger charge is -2.23. The van der Waals surface area contributed by atoms with Gasteiger partial charge in [-0.15, -0.1) is 0 Å². The van der Waals surface area contributed by atoms with Crippen molar-refractivity contribution in [2.45, 2.75) is 25.0 Å². The van der Waals surface area contributed by atoms with Crippen molar-refractivity contribution in [3.8, 4) is 0 Å². The number of halogens is 1. The monoisotopic (exact) mass is 329 g/mol. The van der Waals surface area contributed by atoms with Crippen molar-refractivity contribution in [2.75, 3.05) is 13.1 Å². The van der Waals surface area contributed by atoms with E-state index in [2.05, 4.69) is 0 Å². The molecule has 1 amide bonds. The molecule has 1 unspecified atom stereocenters. The van der Waals surface area contributed by atoms with Crippen molar-refractivity contribution in [2.24, 2.45) is 0 Å². The number of aliphatic hydroxyl groups is 1. The number of ether oxygens (including phenoxy) is 1. The molecule has 1 fully saturated rings. The molecule has 1 aliphatic heterocycles. The molecule has 0 bridgehead atoms. The summed E-state index contributed by atoms with van der Waals surface area (Å²) >= 11 is 0. The Labute approximate surface area is 140 Å². The van der Waals surface area contributed by atoms with Crippen LogP contribution in [0.1, 0.15) is 17.5 Å². The molecule has 3 rings (SSSR count). The Balaban J connectivity index is 1.53. The number of likely N-dealkylation sites (tertiary alicyclic amines) is 1. The van der Waals surface area contributed by atoms with Crippen LogP contribution in [0.25, 0.3) is 0 Å². The van der Waals surface area contributed by atoms with E-state index >= 15 is 0 Å². The molecule has 24 heavy (non-hydrogen) atoms. The van der Waals surface area contributed by atoms with Crippen LogP contribution in [-0.2, 0) is 17.8 Å². The largest absolute Gasteiger partial charge is 0.445 e. The minimum atomic E-state index is -0.996. The third-order valence-corrected chi connectivity index (χ3v) is 4.24. The second-order valence-electron chi connectivity index (χ2n) is 6.24. The predicted molar refractivity (Wildman–Crippen MR) is 87.9 cm³/mol. The van der Waals surface area contributed by atoms with Gasteiger partial charge >= 0.3 is 6.09 Å². The lowest BCUT2D eigenvalue weighted by atomic mass is 9.94. The molecule has 2 aromatic rings. The number of benzene rings is 2. The van der Waals surface area contributed by atoms with Crippen LogP contribution in [0.5, 0.6) is 0 Å². The smallest absolute Gasteiger partial charge is 0.410 e. The Morgan fingerprint density at radius 2 is 1.83 bits per heavy atom. The molecule has 1 saturated heterocycles. The van der Waals surface area contributed by atoms with Crippen LogP contribution in [0.2, 0.25) is 0 Å². The fraction of sp³-hybridized carbons (Fsp3) is 0.316. The zero-order valence-corrected chi connectivity index (χ0v) is 13.3. The molecule has 0 aromatic heterocycles. The maximum Gasteiger partial charge on any atom is 0.410 e. The molecule has 1 atom stereocenters. The molecule has 0 saturated carbocycles. The number of hydrogen-bond donors (Lipinski definition) is 1. The minimum Gasteiger partial charge on any atom is -0.445 e. The van der Waals surface area contributed by atoms with E-state index in [-0.39, 0.29) is 19.0 Å².